The second-order valence-electron chi connectivity index (χ2n) is 7.78. The maximum absolute atomic E-state index is 12.5. The number of hydrogen-bond donors (Lipinski definition) is 2. The SMILES string of the molecule is O=C(N[C@@H](Cc1nc2ccc(Cl)cc2o1)C(=O)O)OCC1c2ccccc2-c2ccccc21. The molecule has 5 rings (SSSR count). The molecular weight excluding hydrogens is 444 g/mol. The Labute approximate surface area is 194 Å². The summed E-state index contributed by atoms with van der Waals surface area (Å²) in [5.74, 6) is -1.16. The Bertz CT molecular complexity index is 1320. The van der Waals surface area contributed by atoms with Gasteiger partial charge in [0.2, 0.25) is 0 Å². The molecule has 0 bridgehead atoms. The van der Waals surface area contributed by atoms with Gasteiger partial charge in [0.25, 0.3) is 0 Å². The first-order valence-corrected chi connectivity index (χ1v) is 10.8. The van der Waals surface area contributed by atoms with Gasteiger partial charge in [-0.2, -0.15) is 0 Å². The van der Waals surface area contributed by atoms with Gasteiger partial charge < -0.3 is 19.6 Å². The minimum atomic E-state index is -1.26. The van der Waals surface area contributed by atoms with Crippen LogP contribution in [0.4, 0.5) is 4.79 Å². The first kappa shape index (κ1) is 21.0. The zero-order valence-electron chi connectivity index (χ0n) is 17.3. The van der Waals surface area contributed by atoms with Gasteiger partial charge in [-0.1, -0.05) is 60.1 Å². The summed E-state index contributed by atoms with van der Waals surface area (Å²) in [7, 11) is 0. The smallest absolute Gasteiger partial charge is 0.407 e. The number of oxazole rings is 1. The van der Waals surface area contributed by atoms with Crippen LogP contribution in [0.15, 0.2) is 71.1 Å². The van der Waals surface area contributed by atoms with Crippen LogP contribution in [-0.2, 0) is 16.0 Å². The number of carbonyl (C=O) groups excluding carboxylic acids is 1. The number of carbonyl (C=O) groups is 2. The fourth-order valence-electron chi connectivity index (χ4n) is 4.19. The molecule has 1 atom stereocenters. The third-order valence-corrected chi connectivity index (χ3v) is 5.94. The summed E-state index contributed by atoms with van der Waals surface area (Å²) in [6.45, 7) is 0.0909. The van der Waals surface area contributed by atoms with Crippen LogP contribution in [0.25, 0.3) is 22.2 Å². The highest BCUT2D eigenvalue weighted by Gasteiger charge is 2.30. The molecule has 33 heavy (non-hydrogen) atoms. The highest BCUT2D eigenvalue weighted by molar-refractivity contribution is 6.31. The Balaban J connectivity index is 1.27. The standard InChI is InChI=1S/C25H19ClN2O5/c26-14-9-10-20-22(11-14)33-23(27-20)12-21(24(29)30)28-25(31)32-13-19-17-7-3-1-5-15(17)16-6-2-4-8-18(16)19/h1-11,19,21H,12-13H2,(H,28,31)(H,29,30)/t21-/m0/s1. The number of fused-ring (bicyclic) bond motifs is 4. The van der Waals surface area contributed by atoms with E-state index in [-0.39, 0.29) is 24.8 Å². The fraction of sp³-hybridized carbons (Fsp3) is 0.160. The first-order chi connectivity index (χ1) is 16.0. The molecule has 0 aliphatic heterocycles. The number of amides is 1. The van der Waals surface area contributed by atoms with E-state index < -0.39 is 18.1 Å². The number of halogens is 1. The quantitative estimate of drug-likeness (QED) is 0.417. The second kappa shape index (κ2) is 8.60. The molecule has 1 aliphatic rings. The molecule has 2 N–H and O–H groups in total. The summed E-state index contributed by atoms with van der Waals surface area (Å²) in [5, 5.41) is 12.5. The number of benzene rings is 3. The minimum Gasteiger partial charge on any atom is -0.480 e. The molecule has 1 aliphatic carbocycles. The number of nitrogens with one attached hydrogen (secondary N) is 1. The molecule has 1 aromatic heterocycles. The molecule has 0 fully saturated rings. The van der Waals surface area contributed by atoms with Crippen LogP contribution in [0.2, 0.25) is 5.02 Å². The van der Waals surface area contributed by atoms with E-state index in [1.165, 1.54) is 0 Å². The first-order valence-electron chi connectivity index (χ1n) is 10.4. The fourth-order valence-corrected chi connectivity index (χ4v) is 4.35. The van der Waals surface area contributed by atoms with Crippen molar-refractivity contribution in [3.8, 4) is 11.1 Å². The van der Waals surface area contributed by atoms with Crippen LogP contribution < -0.4 is 5.32 Å². The van der Waals surface area contributed by atoms with Crippen molar-refractivity contribution < 1.29 is 23.8 Å². The van der Waals surface area contributed by atoms with E-state index in [0.29, 0.717) is 16.1 Å². The van der Waals surface area contributed by atoms with E-state index in [9.17, 15) is 14.7 Å². The van der Waals surface area contributed by atoms with Crippen molar-refractivity contribution in [2.75, 3.05) is 6.61 Å². The molecule has 1 amide bonds. The number of rotatable bonds is 6. The average molecular weight is 463 g/mol. The molecule has 0 radical (unpaired) electrons. The topological polar surface area (TPSA) is 102 Å². The average Bonchev–Trinajstić information content (AvgIpc) is 3.35. The Hall–Kier alpha value is -3.84. The minimum absolute atomic E-state index is 0.0909. The maximum atomic E-state index is 12.5. The van der Waals surface area contributed by atoms with Crippen LogP contribution in [0, 0.1) is 0 Å². The predicted octanol–water partition coefficient (Wildman–Crippen LogP) is 5.02. The van der Waals surface area contributed by atoms with E-state index in [2.05, 4.69) is 10.3 Å². The van der Waals surface area contributed by atoms with Gasteiger partial charge in [0, 0.05) is 17.0 Å². The summed E-state index contributed by atoms with van der Waals surface area (Å²) >= 11 is 5.95. The Morgan fingerprint density at radius 3 is 2.39 bits per heavy atom. The molecule has 7 nitrogen and oxygen atoms in total. The third kappa shape index (κ3) is 4.15. The maximum Gasteiger partial charge on any atom is 0.407 e. The third-order valence-electron chi connectivity index (χ3n) is 5.71. The van der Waals surface area contributed by atoms with Crippen LogP contribution in [0.1, 0.15) is 22.9 Å². The number of aliphatic carboxylic acids is 1. The number of carboxylic acids is 1. The van der Waals surface area contributed by atoms with E-state index >= 15 is 0 Å². The molecule has 4 aromatic rings. The summed E-state index contributed by atoms with van der Waals surface area (Å²) in [6.07, 6.45) is -0.949. The Morgan fingerprint density at radius 2 is 1.73 bits per heavy atom. The molecule has 8 heteroatoms. The lowest BCUT2D eigenvalue weighted by Gasteiger charge is -2.16. The van der Waals surface area contributed by atoms with Gasteiger partial charge in [-0.05, 0) is 34.4 Å². The Kier molecular flexibility index (Phi) is 5.48. The van der Waals surface area contributed by atoms with Crippen molar-refractivity contribution in [3.63, 3.8) is 0 Å². The molecule has 166 valence electrons. The lowest BCUT2D eigenvalue weighted by atomic mass is 9.98. The van der Waals surface area contributed by atoms with Crippen molar-refractivity contribution in [1.82, 2.24) is 10.3 Å². The van der Waals surface area contributed by atoms with E-state index in [0.717, 1.165) is 22.3 Å². The molecule has 0 saturated heterocycles. The number of ether oxygens (including phenoxy) is 1. The van der Waals surface area contributed by atoms with Crippen molar-refractivity contribution >= 4 is 34.8 Å². The lowest BCUT2D eigenvalue weighted by Crippen LogP contribution is -2.43. The van der Waals surface area contributed by atoms with Crippen LogP contribution in [0.3, 0.4) is 0 Å². The molecule has 1 heterocycles. The van der Waals surface area contributed by atoms with E-state index in [1.807, 2.05) is 48.5 Å². The number of aromatic nitrogens is 1. The Morgan fingerprint density at radius 1 is 1.06 bits per heavy atom. The number of nitrogens with zero attached hydrogens (tertiary/aromatic N) is 1. The summed E-state index contributed by atoms with van der Waals surface area (Å²) in [4.78, 5) is 28.5. The lowest BCUT2D eigenvalue weighted by molar-refractivity contribution is -0.139. The van der Waals surface area contributed by atoms with Crippen LogP contribution in [-0.4, -0.2) is 34.8 Å². The zero-order chi connectivity index (χ0) is 22.9. The van der Waals surface area contributed by atoms with E-state index in [1.54, 1.807) is 18.2 Å². The predicted molar refractivity (Wildman–Crippen MR) is 122 cm³/mol. The summed E-state index contributed by atoms with van der Waals surface area (Å²) in [5.41, 5.74) is 5.38. The van der Waals surface area contributed by atoms with Crippen LogP contribution in [0.5, 0.6) is 0 Å². The highest BCUT2D eigenvalue weighted by Crippen LogP contribution is 2.44. The molecule has 0 spiro atoms. The molecule has 0 saturated carbocycles. The van der Waals surface area contributed by atoms with Gasteiger partial charge >= 0.3 is 12.1 Å². The largest absolute Gasteiger partial charge is 0.480 e. The van der Waals surface area contributed by atoms with Gasteiger partial charge in [-0.15, -0.1) is 0 Å². The van der Waals surface area contributed by atoms with Gasteiger partial charge in [0.05, 0.1) is 6.42 Å². The van der Waals surface area contributed by atoms with Crippen molar-refractivity contribution in [1.29, 1.82) is 0 Å². The summed E-state index contributed by atoms with van der Waals surface area (Å²) in [6, 6.07) is 19.7. The zero-order valence-corrected chi connectivity index (χ0v) is 18.1. The van der Waals surface area contributed by atoms with Gasteiger partial charge in [-0.3, -0.25) is 0 Å². The molecule has 3 aromatic carbocycles. The van der Waals surface area contributed by atoms with Crippen LogP contribution >= 0.6 is 11.6 Å². The highest BCUT2D eigenvalue weighted by atomic mass is 35.5. The number of carboxylic acid groups (broad SMARTS) is 1. The second-order valence-corrected chi connectivity index (χ2v) is 8.22. The van der Waals surface area contributed by atoms with Crippen molar-refractivity contribution in [2.45, 2.75) is 18.4 Å². The summed E-state index contributed by atoms with van der Waals surface area (Å²) < 4.78 is 11.0. The monoisotopic (exact) mass is 462 g/mol. The normalized spacial score (nSPS) is 13.4. The van der Waals surface area contributed by atoms with Gasteiger partial charge in [0.1, 0.15) is 18.2 Å². The van der Waals surface area contributed by atoms with Crippen molar-refractivity contribution in [3.05, 3.63) is 88.8 Å². The number of alkyl carbamates (subject to hydrolysis) is 1. The van der Waals surface area contributed by atoms with Gasteiger partial charge in [-0.25, -0.2) is 14.6 Å². The van der Waals surface area contributed by atoms with Gasteiger partial charge in [0.15, 0.2) is 11.5 Å². The van der Waals surface area contributed by atoms with E-state index in [4.69, 9.17) is 20.8 Å². The molecule has 0 unspecified atom stereocenters. The number of hydrogen-bond acceptors (Lipinski definition) is 5. The molecular formula is C25H19ClN2O5. The van der Waals surface area contributed by atoms with Crippen molar-refractivity contribution in [2.24, 2.45) is 0 Å².